The zero-order valence-electron chi connectivity index (χ0n) is 10.0. The highest BCUT2D eigenvalue weighted by Gasteiger charge is 2.14. The first-order valence-corrected chi connectivity index (χ1v) is 6.70. The van der Waals surface area contributed by atoms with Crippen LogP contribution in [0.4, 0.5) is 0 Å². The molecule has 2 rings (SSSR count). The molecule has 0 radical (unpaired) electrons. The lowest BCUT2D eigenvalue weighted by Crippen LogP contribution is -2.03. The smallest absolute Gasteiger partial charge is 0.339 e. The second-order valence-electron chi connectivity index (χ2n) is 3.91. The van der Waals surface area contributed by atoms with Crippen LogP contribution in [0.15, 0.2) is 36.5 Å². The Balaban J connectivity index is 1.98. The topological polar surface area (TPSA) is 55.1 Å². The van der Waals surface area contributed by atoms with Gasteiger partial charge in [-0.15, -0.1) is 0 Å². The molecule has 0 unspecified atom stereocenters. The molecule has 2 aromatic rings. The summed E-state index contributed by atoms with van der Waals surface area (Å²) in [7, 11) is 1.77. The maximum Gasteiger partial charge on any atom is 0.339 e. The van der Waals surface area contributed by atoms with Gasteiger partial charge in [0.15, 0.2) is 0 Å². The van der Waals surface area contributed by atoms with Crippen molar-refractivity contribution in [2.24, 2.45) is 7.05 Å². The van der Waals surface area contributed by atoms with Crippen molar-refractivity contribution in [3.8, 4) is 0 Å². The minimum atomic E-state index is -0.918. The standard InChI is InChI=1S/C13H14N2O2S/c1-15-12(11(7-14-15)13(16)17)9-18-8-10-5-3-2-4-6-10/h2-7H,8-9H2,1H3,(H,16,17). The van der Waals surface area contributed by atoms with Gasteiger partial charge in [-0.25, -0.2) is 4.79 Å². The van der Waals surface area contributed by atoms with Gasteiger partial charge in [0, 0.05) is 18.6 Å². The van der Waals surface area contributed by atoms with Crippen LogP contribution in [0.3, 0.4) is 0 Å². The number of carboxylic acids is 1. The third kappa shape index (κ3) is 2.92. The molecule has 4 nitrogen and oxygen atoms in total. The van der Waals surface area contributed by atoms with Gasteiger partial charge in [0.25, 0.3) is 0 Å². The summed E-state index contributed by atoms with van der Waals surface area (Å²) >= 11 is 1.69. The maximum absolute atomic E-state index is 11.0. The normalized spacial score (nSPS) is 10.5. The SMILES string of the molecule is Cn1ncc(C(=O)O)c1CSCc1ccccc1. The van der Waals surface area contributed by atoms with Gasteiger partial charge >= 0.3 is 5.97 Å². The highest BCUT2D eigenvalue weighted by Crippen LogP contribution is 2.19. The molecule has 0 aliphatic rings. The number of aromatic carboxylic acids is 1. The van der Waals surface area contributed by atoms with Crippen molar-refractivity contribution >= 4 is 17.7 Å². The molecule has 0 atom stereocenters. The third-order valence-electron chi connectivity index (χ3n) is 2.64. The van der Waals surface area contributed by atoms with Crippen molar-refractivity contribution in [2.75, 3.05) is 0 Å². The molecule has 1 aromatic heterocycles. The summed E-state index contributed by atoms with van der Waals surface area (Å²) in [5, 5.41) is 13.0. The van der Waals surface area contributed by atoms with Gasteiger partial charge < -0.3 is 5.11 Å². The summed E-state index contributed by atoms with van der Waals surface area (Å²) in [5.74, 6) is 0.594. The number of carbonyl (C=O) groups is 1. The van der Waals surface area contributed by atoms with Crippen LogP contribution in [-0.4, -0.2) is 20.9 Å². The minimum absolute atomic E-state index is 0.290. The summed E-state index contributed by atoms with van der Waals surface area (Å²) in [6.07, 6.45) is 1.40. The third-order valence-corrected chi connectivity index (χ3v) is 3.66. The number of aryl methyl sites for hydroxylation is 1. The van der Waals surface area contributed by atoms with E-state index < -0.39 is 5.97 Å². The van der Waals surface area contributed by atoms with Crippen molar-refractivity contribution in [3.05, 3.63) is 53.3 Å². The van der Waals surface area contributed by atoms with Crippen LogP contribution in [0, 0.1) is 0 Å². The fourth-order valence-corrected chi connectivity index (χ4v) is 2.72. The monoisotopic (exact) mass is 262 g/mol. The fourth-order valence-electron chi connectivity index (χ4n) is 1.65. The molecule has 0 fully saturated rings. The molecular weight excluding hydrogens is 248 g/mol. The van der Waals surface area contributed by atoms with Gasteiger partial charge in [-0.3, -0.25) is 4.68 Å². The molecule has 1 aromatic carbocycles. The Bertz CT molecular complexity index is 537. The number of nitrogens with zero attached hydrogens (tertiary/aromatic N) is 2. The van der Waals surface area contributed by atoms with Gasteiger partial charge in [-0.1, -0.05) is 30.3 Å². The van der Waals surface area contributed by atoms with Crippen LogP contribution < -0.4 is 0 Å². The highest BCUT2D eigenvalue weighted by molar-refractivity contribution is 7.97. The van der Waals surface area contributed by atoms with Crippen molar-refractivity contribution in [2.45, 2.75) is 11.5 Å². The Morgan fingerprint density at radius 1 is 1.33 bits per heavy atom. The molecule has 1 heterocycles. The van der Waals surface area contributed by atoms with Crippen LogP contribution in [0.5, 0.6) is 0 Å². The molecule has 0 aliphatic carbocycles. The molecule has 0 spiro atoms. The highest BCUT2D eigenvalue weighted by atomic mass is 32.2. The number of hydrogen-bond acceptors (Lipinski definition) is 3. The Kier molecular flexibility index (Phi) is 4.04. The molecule has 94 valence electrons. The van der Waals surface area contributed by atoms with E-state index in [-0.39, 0.29) is 5.56 Å². The lowest BCUT2D eigenvalue weighted by atomic mass is 10.2. The Morgan fingerprint density at radius 2 is 2.06 bits per heavy atom. The Hall–Kier alpha value is -1.75. The van der Waals surface area contributed by atoms with E-state index >= 15 is 0 Å². The predicted octanol–water partition coefficient (Wildman–Crippen LogP) is 2.55. The molecule has 5 heteroatoms. The summed E-state index contributed by atoms with van der Waals surface area (Å²) in [4.78, 5) is 11.0. The first-order valence-electron chi connectivity index (χ1n) is 5.54. The van der Waals surface area contributed by atoms with Crippen molar-refractivity contribution in [1.82, 2.24) is 9.78 Å². The number of aromatic nitrogens is 2. The van der Waals surface area contributed by atoms with Gasteiger partial charge in [-0.2, -0.15) is 16.9 Å². The number of thioether (sulfide) groups is 1. The molecule has 0 saturated heterocycles. The van der Waals surface area contributed by atoms with E-state index in [1.165, 1.54) is 11.8 Å². The summed E-state index contributed by atoms with van der Waals surface area (Å²) in [6, 6.07) is 10.1. The van der Waals surface area contributed by atoms with Crippen LogP contribution >= 0.6 is 11.8 Å². The van der Waals surface area contributed by atoms with Crippen LogP contribution in [-0.2, 0) is 18.6 Å². The van der Waals surface area contributed by atoms with Crippen LogP contribution in [0.1, 0.15) is 21.6 Å². The predicted molar refractivity (Wildman–Crippen MR) is 71.6 cm³/mol. The second kappa shape index (κ2) is 5.73. The van der Waals surface area contributed by atoms with E-state index in [9.17, 15) is 4.79 Å². The molecule has 0 bridgehead atoms. The van der Waals surface area contributed by atoms with Gasteiger partial charge in [0.05, 0.1) is 11.9 Å². The Labute approximate surface area is 110 Å². The lowest BCUT2D eigenvalue weighted by Gasteiger charge is -2.04. The maximum atomic E-state index is 11.0. The molecule has 0 saturated carbocycles. The molecular formula is C13H14N2O2S. The zero-order chi connectivity index (χ0) is 13.0. The number of rotatable bonds is 5. The van der Waals surface area contributed by atoms with Crippen LogP contribution in [0.2, 0.25) is 0 Å². The number of carboxylic acid groups (broad SMARTS) is 1. The first kappa shape index (κ1) is 12.7. The minimum Gasteiger partial charge on any atom is -0.478 e. The number of benzene rings is 1. The van der Waals surface area contributed by atoms with E-state index in [1.54, 1.807) is 23.5 Å². The van der Waals surface area contributed by atoms with E-state index in [0.29, 0.717) is 5.75 Å². The van der Waals surface area contributed by atoms with Gasteiger partial charge in [0.2, 0.25) is 0 Å². The summed E-state index contributed by atoms with van der Waals surface area (Å²) < 4.78 is 1.63. The lowest BCUT2D eigenvalue weighted by molar-refractivity contribution is 0.0696. The average Bonchev–Trinajstić information content (AvgIpc) is 2.73. The van der Waals surface area contributed by atoms with E-state index in [4.69, 9.17) is 5.11 Å². The molecule has 1 N–H and O–H groups in total. The second-order valence-corrected chi connectivity index (χ2v) is 4.90. The van der Waals surface area contributed by atoms with Crippen molar-refractivity contribution < 1.29 is 9.90 Å². The molecule has 18 heavy (non-hydrogen) atoms. The first-order chi connectivity index (χ1) is 8.68. The van der Waals surface area contributed by atoms with Crippen molar-refractivity contribution in [1.29, 1.82) is 0 Å². The molecule has 0 aliphatic heterocycles. The fraction of sp³-hybridized carbons (Fsp3) is 0.231. The Morgan fingerprint density at radius 3 is 2.72 bits per heavy atom. The summed E-state index contributed by atoms with van der Waals surface area (Å²) in [5.41, 5.74) is 2.28. The van der Waals surface area contributed by atoms with E-state index in [0.717, 1.165) is 11.4 Å². The quantitative estimate of drug-likeness (QED) is 0.899. The molecule has 0 amide bonds. The average molecular weight is 262 g/mol. The van der Waals surface area contributed by atoms with E-state index in [2.05, 4.69) is 17.2 Å². The van der Waals surface area contributed by atoms with Gasteiger partial charge in [-0.05, 0) is 5.56 Å². The summed E-state index contributed by atoms with van der Waals surface area (Å²) in [6.45, 7) is 0. The van der Waals surface area contributed by atoms with Crippen LogP contribution in [0.25, 0.3) is 0 Å². The van der Waals surface area contributed by atoms with Gasteiger partial charge in [0.1, 0.15) is 5.56 Å². The van der Waals surface area contributed by atoms with E-state index in [1.807, 2.05) is 18.2 Å². The zero-order valence-corrected chi connectivity index (χ0v) is 10.9. The van der Waals surface area contributed by atoms with Crippen molar-refractivity contribution in [3.63, 3.8) is 0 Å². The largest absolute Gasteiger partial charge is 0.478 e. The number of hydrogen-bond donors (Lipinski definition) is 1.